The third kappa shape index (κ3) is 26.4. The van der Waals surface area contributed by atoms with Crippen molar-refractivity contribution in [3.05, 3.63) is 118 Å². The summed E-state index contributed by atoms with van der Waals surface area (Å²) in [5, 5.41) is 9.83. The van der Waals surface area contributed by atoms with E-state index in [1.54, 1.807) is 77.6 Å². The van der Waals surface area contributed by atoms with Crippen LogP contribution in [0, 0.1) is 41.0 Å². The Hall–Kier alpha value is -12.7. The molecule has 0 unspecified atom stereocenters. The summed E-state index contributed by atoms with van der Waals surface area (Å²) in [6, 6.07) is 7.11. The van der Waals surface area contributed by atoms with Crippen molar-refractivity contribution in [1.29, 1.82) is 0 Å². The minimum Gasteiger partial charge on any atom is -0.461 e. The Bertz CT molecular complexity index is 6150. The molecule has 0 spiro atoms. The van der Waals surface area contributed by atoms with Gasteiger partial charge in [-0.2, -0.15) is 0 Å². The van der Waals surface area contributed by atoms with Crippen molar-refractivity contribution in [1.82, 2.24) is 65.3 Å². The number of nitrogens with one attached hydrogen (secondary N) is 7. The highest BCUT2D eigenvalue weighted by Gasteiger charge is 2.48. The van der Waals surface area contributed by atoms with Crippen LogP contribution in [-0.4, -0.2) is 270 Å². The summed E-state index contributed by atoms with van der Waals surface area (Å²) >= 11 is 0. The molecular weight excluding hydrogens is 1840 g/mol. The topological polar surface area (TPSA) is 413 Å². The summed E-state index contributed by atoms with van der Waals surface area (Å²) in [5.74, 6) is -12.3. The predicted molar refractivity (Wildman–Crippen MR) is 525 cm³/mol. The number of hydrogen-bond donors (Lipinski definition) is 7. The number of likely N-dealkylation sites (tertiary alicyclic amines) is 4. The van der Waals surface area contributed by atoms with Crippen LogP contribution in [0.3, 0.4) is 0 Å². The molecule has 12 rings (SSSR count). The van der Waals surface area contributed by atoms with Crippen LogP contribution in [-0.2, 0) is 112 Å². The van der Waals surface area contributed by atoms with Crippen LogP contribution in [0.5, 0.6) is 0 Å². The summed E-state index contributed by atoms with van der Waals surface area (Å²) in [7, 11) is 0. The largest absolute Gasteiger partial charge is 0.461 e. The standard InChI is InChI=1S/C57H77F2N7O12.C48H62F2N6O8/c1-15-34(21-48(69)30(3)63(13)54(73)77-56(7,8)9)52(71)65-28-39(75-32(5)67)24-37(65)26-43-41-19-17-35(58)22-46(41)60-49(43)50-44(42-20-18-36(59)23-47(42)61-50)27-38-25-40(76-33(6)68)29-66(38)53(72)45(16-2)62-51(70)31(4)64(14)55(74)78-57(10,11)12;1-9-25(4)46(60)54-40(11-3)48(62)56-24-35(64-28(7)58)20-33(56)22-39-37-15-13-31(50)18-42(37)53-45(39)44-38(36-14-12-30(49)17-41(36)52-44)21-32-19-34(63-27(6)57)23-55(32)47(61)29(10-2)16-43(59)26(5)51-8/h17-20,22-23,30-31,34,37-40,45,60-61H,15-16,21,24-29H2,1-14H3,(H,62,70);12-15,17-18,25-26,29,32-35,40,51-53H,9-11,16,19-24H2,1-8H3,(H,54,60)/t30-,31-,34+,37-,38-,39-,40-,45-;25-,26+,29-,32+,33+,34+,35+,40+/m01/s1/i13D3,14D3;1D3,8D3. The SMILES string of the molecule is [2H]C([2H])([2H])C[C@@H](C)C(=O)N[C@@H](CC)C(=O)N1C[C@@H](OC(C)=O)C[C@H]1Cc1c(-c2[nH]c3cc(F)ccc3c2C[C@@H]2C[C@H](OC(C)=O)CN2C(=O)[C@H](CC)CC(=O)[C@H](C)NC([2H])([2H])[2H])[nH]c2cc(F)ccc12.[2H]C([2H])([2H])N(C(=O)OC(C)(C)C)[C@@H](C)C(=O)C[C@@H](CC)C(=O)N1C[C@@H](OC(C)=O)C[C@H]1Cc1c(-c2[nH]c3cc(F)ccc3c2C[C@@H]2C[C@H](OC(C)=O)CN2C(=O)[C@H](CC)NC(=O)[C@H](C)N(C(=O)OC(C)(C)C)C([2H])([2H])[2H])[nH]c2cc(F)ccc12. The van der Waals surface area contributed by atoms with Gasteiger partial charge >= 0.3 is 36.1 Å². The van der Waals surface area contributed by atoms with Crippen LogP contribution in [0.1, 0.15) is 241 Å². The van der Waals surface area contributed by atoms with Crippen molar-refractivity contribution in [3.8, 4) is 22.8 Å². The van der Waals surface area contributed by atoms with E-state index in [4.69, 9.17) is 44.9 Å². The van der Waals surface area contributed by atoms with Crippen molar-refractivity contribution in [2.45, 2.75) is 318 Å². The number of carbonyl (C=O) groups excluding carboxylic acids is 14. The molecule has 37 heteroatoms. The zero-order chi connectivity index (χ0) is 114. The fraction of sp³-hybridized carbons (Fsp3) is 0.562. The van der Waals surface area contributed by atoms with Gasteiger partial charge in [0.2, 0.25) is 35.4 Å². The average molecular weight is 1990 g/mol. The summed E-state index contributed by atoms with van der Waals surface area (Å²) in [5.41, 5.74) is 3.14. The second-order valence-corrected chi connectivity index (χ2v) is 39.5. The number of carbonyl (C=O) groups is 14. The van der Waals surface area contributed by atoms with Crippen LogP contribution in [0.2, 0.25) is 0 Å². The molecule has 4 aliphatic rings. The van der Waals surface area contributed by atoms with Gasteiger partial charge in [-0.1, -0.05) is 41.5 Å². The van der Waals surface area contributed by atoms with Crippen LogP contribution in [0.25, 0.3) is 66.4 Å². The molecular formula is C105H139F4N13O20. The first-order chi connectivity index (χ1) is 71.6. The quantitative estimate of drug-likeness (QED) is 0.0109. The van der Waals surface area contributed by atoms with Gasteiger partial charge in [-0.3, -0.25) is 62.4 Å². The number of hydrogen-bond acceptors (Lipinski definition) is 21. The molecule has 8 amide bonds. The van der Waals surface area contributed by atoms with E-state index in [1.165, 1.54) is 139 Å². The molecule has 772 valence electrons. The number of ether oxygens (including phenoxy) is 6. The van der Waals surface area contributed by atoms with Crippen LogP contribution < -0.4 is 16.0 Å². The van der Waals surface area contributed by atoms with E-state index in [0.29, 0.717) is 98.4 Å². The van der Waals surface area contributed by atoms with E-state index >= 15 is 17.6 Å². The van der Waals surface area contributed by atoms with Crippen LogP contribution in [0.15, 0.2) is 72.8 Å². The van der Waals surface area contributed by atoms with Crippen molar-refractivity contribution in [2.24, 2.45) is 17.8 Å². The maximum Gasteiger partial charge on any atom is 0.410 e. The number of likely N-dealkylation sites (N-methyl/N-ethyl adjacent to an activating group) is 3. The van der Waals surface area contributed by atoms with Gasteiger partial charge in [0.15, 0.2) is 5.78 Å². The predicted octanol–water partition coefficient (Wildman–Crippen LogP) is 14.4. The lowest BCUT2D eigenvalue weighted by molar-refractivity contribution is -0.147. The van der Waals surface area contributed by atoms with E-state index in [2.05, 4.69) is 35.9 Å². The van der Waals surface area contributed by atoms with Crippen molar-refractivity contribution in [3.63, 3.8) is 0 Å². The third-order valence-electron chi connectivity index (χ3n) is 26.6. The molecule has 142 heavy (non-hydrogen) atoms. The fourth-order valence-corrected chi connectivity index (χ4v) is 19.4. The molecule has 4 fully saturated rings. The molecule has 4 aliphatic heterocycles. The van der Waals surface area contributed by atoms with Gasteiger partial charge < -0.3 is 88.8 Å². The summed E-state index contributed by atoms with van der Waals surface area (Å²) in [6.45, 7) is 14.8. The molecule has 33 nitrogen and oxygen atoms in total. The summed E-state index contributed by atoms with van der Waals surface area (Å²) < 4.78 is 188. The van der Waals surface area contributed by atoms with E-state index < -0.39 is 255 Å². The normalized spacial score (nSPS) is 21.5. The Kier molecular flexibility index (Phi) is 30.5. The first-order valence-corrected chi connectivity index (χ1v) is 48.2. The minimum atomic E-state index is -3.12. The molecule has 4 saturated heterocycles. The second kappa shape index (κ2) is 46.6. The highest BCUT2D eigenvalue weighted by atomic mass is 19.1. The highest BCUT2D eigenvalue weighted by molar-refractivity contribution is 6.00. The number of amides is 8. The monoisotopic (exact) mass is 1990 g/mol. The molecule has 0 bridgehead atoms. The second-order valence-electron chi connectivity index (χ2n) is 39.5. The molecule has 0 saturated carbocycles. The lowest BCUT2D eigenvalue weighted by atomic mass is 9.93. The molecule has 0 radical (unpaired) electrons. The number of halogens is 4. The Morgan fingerprint density at radius 3 is 0.986 bits per heavy atom. The lowest BCUT2D eigenvalue weighted by Gasteiger charge is -2.31. The third-order valence-corrected chi connectivity index (χ3v) is 26.6. The van der Waals surface area contributed by atoms with Gasteiger partial charge in [0.1, 0.15) is 82.8 Å². The van der Waals surface area contributed by atoms with Gasteiger partial charge in [-0.15, -0.1) is 0 Å². The number of aromatic nitrogens is 4. The molecule has 8 heterocycles. The van der Waals surface area contributed by atoms with Gasteiger partial charge in [0.05, 0.1) is 61.0 Å². The number of rotatable bonds is 36. The number of aromatic amines is 4. The molecule has 0 aliphatic carbocycles. The fourth-order valence-electron chi connectivity index (χ4n) is 19.4. The van der Waals surface area contributed by atoms with Gasteiger partial charge in [-0.25, -0.2) is 27.2 Å². The van der Waals surface area contributed by atoms with Crippen LogP contribution in [0.4, 0.5) is 27.2 Å². The number of esters is 4. The van der Waals surface area contributed by atoms with Gasteiger partial charge in [-0.05, 0) is 222 Å². The van der Waals surface area contributed by atoms with E-state index in [9.17, 15) is 67.1 Å². The Morgan fingerprint density at radius 1 is 0.415 bits per heavy atom. The average Bonchev–Trinajstić information content (AvgIpc) is 1.59. The maximum atomic E-state index is 15.3. The summed E-state index contributed by atoms with van der Waals surface area (Å²) in [4.78, 5) is 209. The highest BCUT2D eigenvalue weighted by Crippen LogP contribution is 2.45. The summed E-state index contributed by atoms with van der Waals surface area (Å²) in [6.07, 6.45) is -5.42. The zero-order valence-corrected chi connectivity index (χ0v) is 83.5. The van der Waals surface area contributed by atoms with Crippen molar-refractivity contribution in [2.75, 3.05) is 47.1 Å². The Balaban J connectivity index is 0.000000296. The number of ketones is 2. The number of H-pyrrole nitrogens is 4. The number of fused-ring (bicyclic) bond motifs is 4. The molecule has 16 atom stereocenters. The Morgan fingerprint density at radius 2 is 0.711 bits per heavy atom. The molecule has 7 N–H and O–H groups in total. The van der Waals surface area contributed by atoms with Crippen molar-refractivity contribution < 1.29 is 130 Å². The van der Waals surface area contributed by atoms with Gasteiger partial charge in [0, 0.05) is 182 Å². The number of benzene rings is 4. The molecule has 8 aromatic rings. The van der Waals surface area contributed by atoms with Crippen LogP contribution >= 0.6 is 0 Å². The Labute approximate surface area is 841 Å². The lowest BCUT2D eigenvalue weighted by Crippen LogP contribution is -2.55. The molecule has 4 aromatic carbocycles. The van der Waals surface area contributed by atoms with Crippen molar-refractivity contribution >= 4 is 127 Å². The zero-order valence-electron chi connectivity index (χ0n) is 95.5. The first-order valence-electron chi connectivity index (χ1n) is 54.2. The molecule has 4 aromatic heterocycles. The number of nitrogens with zero attached hydrogens (tertiary/aromatic N) is 6. The van der Waals surface area contributed by atoms with Gasteiger partial charge in [0.25, 0.3) is 0 Å². The maximum absolute atomic E-state index is 15.3. The minimum absolute atomic E-state index is 0.000218. The van der Waals surface area contributed by atoms with E-state index in [-0.39, 0.29) is 110 Å². The van der Waals surface area contributed by atoms with E-state index in [0.717, 1.165) is 0 Å². The first kappa shape index (κ1) is 93.0. The smallest absolute Gasteiger partial charge is 0.410 e. The number of Topliss-reactive ketones (excluding diaryl/α,β-unsaturated/α-hetero) is 2. The van der Waals surface area contributed by atoms with E-state index in [1.807, 2.05) is 0 Å².